The molecule has 13 heavy (non-hydrogen) atoms. The molecule has 76 valence electrons. The van der Waals surface area contributed by atoms with E-state index in [4.69, 9.17) is 0 Å². The standard InChI is InChI=1S/C11H22N2/c1-11(2,3)10-8-13-6-4-5-9(13)7-12-10/h9-10,12H,4-8H2,1-3H3/t9-,10-/m1/s1. The van der Waals surface area contributed by atoms with Gasteiger partial charge in [-0.15, -0.1) is 0 Å². The van der Waals surface area contributed by atoms with Gasteiger partial charge >= 0.3 is 0 Å². The van der Waals surface area contributed by atoms with Crippen molar-refractivity contribution in [3.05, 3.63) is 0 Å². The molecule has 2 nitrogen and oxygen atoms in total. The summed E-state index contributed by atoms with van der Waals surface area (Å²) in [5.41, 5.74) is 0.410. The van der Waals surface area contributed by atoms with Crippen LogP contribution in [0.15, 0.2) is 0 Å². The number of piperazine rings is 1. The van der Waals surface area contributed by atoms with Crippen molar-refractivity contribution in [2.45, 2.75) is 45.7 Å². The van der Waals surface area contributed by atoms with Gasteiger partial charge < -0.3 is 5.32 Å². The van der Waals surface area contributed by atoms with E-state index >= 15 is 0 Å². The van der Waals surface area contributed by atoms with E-state index in [1.54, 1.807) is 0 Å². The Labute approximate surface area is 81.7 Å². The van der Waals surface area contributed by atoms with Gasteiger partial charge in [-0.05, 0) is 24.8 Å². The van der Waals surface area contributed by atoms with Crippen molar-refractivity contribution in [2.75, 3.05) is 19.6 Å². The molecule has 2 saturated heterocycles. The Hall–Kier alpha value is -0.0800. The zero-order chi connectivity index (χ0) is 9.47. The summed E-state index contributed by atoms with van der Waals surface area (Å²) in [5.74, 6) is 0. The molecule has 0 aromatic heterocycles. The summed E-state index contributed by atoms with van der Waals surface area (Å²) in [6.45, 7) is 10.8. The first-order valence-corrected chi connectivity index (χ1v) is 5.55. The molecule has 0 bridgehead atoms. The number of hydrogen-bond acceptors (Lipinski definition) is 2. The van der Waals surface area contributed by atoms with Gasteiger partial charge in [0, 0.05) is 25.2 Å². The monoisotopic (exact) mass is 182 g/mol. The third-order valence-corrected chi connectivity index (χ3v) is 3.56. The molecule has 0 spiro atoms. The van der Waals surface area contributed by atoms with Crippen LogP contribution >= 0.6 is 0 Å². The van der Waals surface area contributed by atoms with Gasteiger partial charge in [0.25, 0.3) is 0 Å². The van der Waals surface area contributed by atoms with Crippen LogP contribution in [0.25, 0.3) is 0 Å². The van der Waals surface area contributed by atoms with Crippen molar-refractivity contribution < 1.29 is 0 Å². The highest BCUT2D eigenvalue weighted by molar-refractivity contribution is 4.94. The Morgan fingerprint density at radius 3 is 2.77 bits per heavy atom. The van der Waals surface area contributed by atoms with Crippen molar-refractivity contribution in [1.82, 2.24) is 10.2 Å². The molecule has 0 radical (unpaired) electrons. The Balaban J connectivity index is 1.97. The van der Waals surface area contributed by atoms with Crippen LogP contribution in [-0.2, 0) is 0 Å². The maximum absolute atomic E-state index is 3.69. The predicted octanol–water partition coefficient (Wildman–Crippen LogP) is 1.47. The quantitative estimate of drug-likeness (QED) is 0.610. The van der Waals surface area contributed by atoms with E-state index in [-0.39, 0.29) is 0 Å². The van der Waals surface area contributed by atoms with Crippen LogP contribution in [0.5, 0.6) is 0 Å². The van der Waals surface area contributed by atoms with E-state index in [0.717, 1.165) is 6.04 Å². The van der Waals surface area contributed by atoms with Gasteiger partial charge in [0.05, 0.1) is 0 Å². The average Bonchev–Trinajstić information content (AvgIpc) is 2.47. The molecule has 1 N–H and O–H groups in total. The predicted molar refractivity (Wildman–Crippen MR) is 55.8 cm³/mol. The largest absolute Gasteiger partial charge is 0.311 e. The molecule has 2 fully saturated rings. The van der Waals surface area contributed by atoms with Crippen molar-refractivity contribution in [1.29, 1.82) is 0 Å². The second kappa shape index (κ2) is 3.25. The minimum Gasteiger partial charge on any atom is -0.311 e. The summed E-state index contributed by atoms with van der Waals surface area (Å²) < 4.78 is 0. The van der Waals surface area contributed by atoms with E-state index in [2.05, 4.69) is 31.0 Å². The summed E-state index contributed by atoms with van der Waals surface area (Å²) >= 11 is 0. The average molecular weight is 182 g/mol. The third-order valence-electron chi connectivity index (χ3n) is 3.56. The highest BCUT2D eigenvalue weighted by Gasteiger charge is 2.35. The molecule has 2 heteroatoms. The van der Waals surface area contributed by atoms with Gasteiger partial charge in [-0.2, -0.15) is 0 Å². The van der Waals surface area contributed by atoms with Crippen molar-refractivity contribution in [3.8, 4) is 0 Å². The highest BCUT2D eigenvalue weighted by atomic mass is 15.2. The molecule has 2 aliphatic rings. The van der Waals surface area contributed by atoms with Crippen LogP contribution in [0.4, 0.5) is 0 Å². The Kier molecular flexibility index (Phi) is 2.37. The van der Waals surface area contributed by atoms with Crippen LogP contribution in [0.3, 0.4) is 0 Å². The molecular weight excluding hydrogens is 160 g/mol. The summed E-state index contributed by atoms with van der Waals surface area (Å²) in [4.78, 5) is 2.67. The Morgan fingerprint density at radius 2 is 2.08 bits per heavy atom. The molecule has 2 heterocycles. The van der Waals surface area contributed by atoms with E-state index < -0.39 is 0 Å². The fraction of sp³-hybridized carbons (Fsp3) is 1.00. The van der Waals surface area contributed by atoms with Gasteiger partial charge in [-0.25, -0.2) is 0 Å². The fourth-order valence-electron chi connectivity index (χ4n) is 2.52. The molecule has 0 aliphatic carbocycles. The smallest absolute Gasteiger partial charge is 0.0244 e. The second-order valence-electron chi connectivity index (χ2n) is 5.62. The lowest BCUT2D eigenvalue weighted by Crippen LogP contribution is -2.58. The third kappa shape index (κ3) is 1.89. The summed E-state index contributed by atoms with van der Waals surface area (Å²) in [6, 6.07) is 1.53. The SMILES string of the molecule is CC(C)(C)[C@H]1CN2CCC[C@@H]2CN1. The second-order valence-corrected chi connectivity index (χ2v) is 5.62. The Morgan fingerprint density at radius 1 is 1.31 bits per heavy atom. The lowest BCUT2D eigenvalue weighted by Gasteiger charge is -2.42. The zero-order valence-corrected chi connectivity index (χ0v) is 9.14. The zero-order valence-electron chi connectivity index (χ0n) is 9.14. The number of hydrogen-bond donors (Lipinski definition) is 1. The maximum Gasteiger partial charge on any atom is 0.0244 e. The van der Waals surface area contributed by atoms with Crippen molar-refractivity contribution in [2.24, 2.45) is 5.41 Å². The van der Waals surface area contributed by atoms with Crippen LogP contribution in [0.2, 0.25) is 0 Å². The van der Waals surface area contributed by atoms with Crippen LogP contribution in [0, 0.1) is 5.41 Å². The van der Waals surface area contributed by atoms with Gasteiger partial charge in [-0.1, -0.05) is 20.8 Å². The van der Waals surface area contributed by atoms with Gasteiger partial charge in [0.2, 0.25) is 0 Å². The Bertz CT molecular complexity index is 183. The summed E-state index contributed by atoms with van der Waals surface area (Å²) in [5, 5.41) is 3.69. The van der Waals surface area contributed by atoms with E-state index in [1.165, 1.54) is 32.5 Å². The fourth-order valence-corrected chi connectivity index (χ4v) is 2.52. The molecule has 2 aliphatic heterocycles. The number of nitrogens with one attached hydrogen (secondary N) is 1. The first-order valence-electron chi connectivity index (χ1n) is 5.55. The lowest BCUT2D eigenvalue weighted by atomic mass is 9.85. The molecular formula is C11H22N2. The molecule has 0 aromatic rings. The van der Waals surface area contributed by atoms with Crippen LogP contribution in [-0.4, -0.2) is 36.6 Å². The van der Waals surface area contributed by atoms with E-state index in [9.17, 15) is 0 Å². The molecule has 0 aromatic carbocycles. The molecule has 2 rings (SSSR count). The number of rotatable bonds is 0. The number of nitrogens with zero attached hydrogens (tertiary/aromatic N) is 1. The molecule has 0 amide bonds. The lowest BCUT2D eigenvalue weighted by molar-refractivity contribution is 0.115. The molecule has 0 saturated carbocycles. The maximum atomic E-state index is 3.69. The summed E-state index contributed by atoms with van der Waals surface area (Å²) in [6.07, 6.45) is 2.81. The number of fused-ring (bicyclic) bond motifs is 1. The normalized spacial score (nSPS) is 36.2. The summed E-state index contributed by atoms with van der Waals surface area (Å²) in [7, 11) is 0. The van der Waals surface area contributed by atoms with Crippen molar-refractivity contribution in [3.63, 3.8) is 0 Å². The van der Waals surface area contributed by atoms with E-state index in [1.807, 2.05) is 0 Å². The van der Waals surface area contributed by atoms with Crippen molar-refractivity contribution >= 4 is 0 Å². The minimum absolute atomic E-state index is 0.410. The minimum atomic E-state index is 0.410. The van der Waals surface area contributed by atoms with E-state index in [0.29, 0.717) is 11.5 Å². The highest BCUT2D eigenvalue weighted by Crippen LogP contribution is 2.27. The first kappa shape index (κ1) is 9.47. The topological polar surface area (TPSA) is 15.3 Å². The molecule has 2 atom stereocenters. The van der Waals surface area contributed by atoms with Gasteiger partial charge in [0.15, 0.2) is 0 Å². The van der Waals surface area contributed by atoms with Crippen LogP contribution < -0.4 is 5.32 Å². The van der Waals surface area contributed by atoms with Gasteiger partial charge in [-0.3, -0.25) is 4.90 Å². The first-order chi connectivity index (χ1) is 6.07. The van der Waals surface area contributed by atoms with Crippen LogP contribution in [0.1, 0.15) is 33.6 Å². The molecule has 0 unspecified atom stereocenters. The van der Waals surface area contributed by atoms with Gasteiger partial charge in [0.1, 0.15) is 0 Å².